The Hall–Kier alpha value is -0.260. The van der Waals surface area contributed by atoms with Gasteiger partial charge in [-0.05, 0) is 0 Å². The molecule has 0 spiro atoms. The van der Waals surface area contributed by atoms with Gasteiger partial charge in [-0.25, -0.2) is 0 Å². The Labute approximate surface area is 73.2 Å². The number of carbonyl (C=O) groups is 2. The monoisotopic (exact) mass is 247 g/mol. The minimum atomic E-state index is -0.193. The zero-order valence-corrected chi connectivity index (χ0v) is 7.37. The normalized spacial score (nSPS) is 16.3. The Morgan fingerprint density at radius 1 is 1.30 bits per heavy atom. The van der Waals surface area contributed by atoms with Crippen LogP contribution in [0.25, 0.3) is 0 Å². The lowest BCUT2D eigenvalue weighted by Crippen LogP contribution is -2.35. The van der Waals surface area contributed by atoms with E-state index in [1.54, 1.807) is 0 Å². The van der Waals surface area contributed by atoms with Crippen molar-refractivity contribution in [1.29, 1.82) is 0 Å². The smallest absolute Gasteiger partial charge is 0.240 e. The first-order valence-electron chi connectivity index (χ1n) is 2.85. The van der Waals surface area contributed by atoms with Gasteiger partial charge in [0, 0.05) is 12.2 Å². The number of hydrogen-bond donors (Lipinski definition) is 0. The molecule has 0 aromatic carbocycles. The van der Waals surface area contributed by atoms with Crippen LogP contribution in [0.15, 0.2) is 12.2 Å². The Bertz CT molecular complexity index is 187. The van der Waals surface area contributed by atoms with Gasteiger partial charge in [-0.15, -0.1) is 0 Å². The van der Waals surface area contributed by atoms with E-state index < -0.39 is 0 Å². The lowest BCUT2D eigenvalue weighted by molar-refractivity contribution is -0.131. The molecule has 0 N–H and O–H groups in total. The molecule has 1 aliphatic heterocycles. The maximum atomic E-state index is 10.8. The molecule has 3 nitrogen and oxygen atoms in total. The topological polar surface area (TPSA) is 37.4 Å². The van der Waals surface area contributed by atoms with Crippen LogP contribution >= 0.6 is 22.4 Å². The molecule has 0 saturated heterocycles. The second kappa shape index (κ2) is 3.23. The molecule has 0 fully saturated rings. The molecule has 0 radical (unpaired) electrons. The molecule has 0 atom stereocenters. The fourth-order valence-electron chi connectivity index (χ4n) is 0.736. The summed E-state index contributed by atoms with van der Waals surface area (Å²) in [4.78, 5) is 22.8. The molecule has 2 amide bonds. The zero-order chi connectivity index (χ0) is 7.56. The van der Waals surface area contributed by atoms with Gasteiger partial charge in [-0.2, -0.15) is 22.4 Å². The van der Waals surface area contributed by atoms with E-state index in [1.807, 2.05) is 0 Å². The minimum absolute atomic E-state index is 0.193. The van der Waals surface area contributed by atoms with E-state index in [4.69, 9.17) is 0 Å². The summed E-state index contributed by atoms with van der Waals surface area (Å²) < 4.78 is 0. The van der Waals surface area contributed by atoms with Gasteiger partial charge >= 0.3 is 0 Å². The second-order valence-electron chi connectivity index (χ2n) is 1.85. The number of hydrogen-bond acceptors (Lipinski definition) is 2. The third-order valence-corrected chi connectivity index (χ3v) is 1.69. The van der Waals surface area contributed by atoms with Crippen molar-refractivity contribution in [3.63, 3.8) is 0 Å². The van der Waals surface area contributed by atoms with E-state index in [9.17, 15) is 9.59 Å². The molecule has 0 aromatic rings. The average Bonchev–Trinajstić information content (AvgIpc) is 2.20. The van der Waals surface area contributed by atoms with Gasteiger partial charge in [-0.3, -0.25) is 9.59 Å². The molecule has 10 heavy (non-hydrogen) atoms. The molecule has 0 bridgehead atoms. The summed E-state index contributed by atoms with van der Waals surface area (Å²) in [6, 6.07) is 0. The van der Waals surface area contributed by atoms with Gasteiger partial charge in [0.15, 0.2) is 5.03 Å². The fraction of sp³-hybridized carbons (Fsp3) is 0. The summed E-state index contributed by atoms with van der Waals surface area (Å²) in [6.07, 6.45) is 2.60. The van der Waals surface area contributed by atoms with Crippen LogP contribution in [0, 0.1) is 0 Å². The van der Waals surface area contributed by atoms with Crippen LogP contribution < -0.4 is 0 Å². The van der Waals surface area contributed by atoms with Gasteiger partial charge in [0.2, 0.25) is 19.1 Å². The van der Waals surface area contributed by atoms with Crippen molar-refractivity contribution in [2.45, 2.75) is 0 Å². The summed E-state index contributed by atoms with van der Waals surface area (Å²) in [5, 5.41) is 0.789. The molecule has 0 aliphatic carbocycles. The number of nitrogens with zero attached hydrogens (tertiary/aromatic N) is 1. The highest BCUT2D eigenvalue weighted by molar-refractivity contribution is 14.1. The zero-order valence-electron chi connectivity index (χ0n) is 5.21. The quantitative estimate of drug-likeness (QED) is 0.355. The van der Waals surface area contributed by atoms with Crippen LogP contribution in [-0.2, 0) is 9.59 Å². The Kier molecular flexibility index (Phi) is 2.53. The van der Waals surface area contributed by atoms with Crippen molar-refractivity contribution in [2.24, 2.45) is 0 Å². The largest absolute Gasteiger partial charge is 0.332 e. The van der Waals surface area contributed by atoms with Gasteiger partial charge in [0.05, 0.1) is 0 Å². The first-order valence-corrected chi connectivity index (χ1v) is 4.38. The van der Waals surface area contributed by atoms with Gasteiger partial charge in [-0.1, -0.05) is 0 Å². The van der Waals surface area contributed by atoms with Crippen LogP contribution in [-0.4, -0.2) is 29.0 Å². The average molecular weight is 247 g/mol. The number of halogens is 1. The summed E-state index contributed by atoms with van der Waals surface area (Å²) in [6.45, 7) is 0. The summed E-state index contributed by atoms with van der Waals surface area (Å²) in [5.74, 6) is -0.386. The van der Waals surface area contributed by atoms with E-state index in [2.05, 4.69) is 22.4 Å². The summed E-state index contributed by atoms with van der Waals surface area (Å²) >= 11 is 2.12. The van der Waals surface area contributed by atoms with Crippen LogP contribution in [0.1, 0.15) is 0 Å². The van der Waals surface area contributed by atoms with Crippen LogP contribution in [0.2, 0.25) is 0 Å². The van der Waals surface area contributed by atoms with Crippen molar-refractivity contribution in [1.82, 2.24) is 4.81 Å². The highest BCUT2D eigenvalue weighted by atomic mass is 127. The van der Waals surface area contributed by atoms with Crippen molar-refractivity contribution in [3.05, 3.63) is 12.2 Å². The molecular weight excluding hydrogens is 243 g/mol. The number of carbonyl (C=O) groups excluding carboxylic acids is 2. The minimum Gasteiger partial charge on any atom is -0.332 e. The predicted molar refractivity (Wildman–Crippen MR) is 49.3 cm³/mol. The van der Waals surface area contributed by atoms with Crippen LogP contribution in [0.5, 0.6) is 0 Å². The van der Waals surface area contributed by atoms with Gasteiger partial charge in [0.1, 0.15) is 0 Å². The molecule has 0 unspecified atom stereocenters. The van der Waals surface area contributed by atoms with E-state index in [1.165, 1.54) is 17.0 Å². The Morgan fingerprint density at radius 3 is 2.20 bits per heavy atom. The highest BCUT2D eigenvalue weighted by Gasteiger charge is 2.22. The van der Waals surface area contributed by atoms with E-state index in [0.29, 0.717) is 7.31 Å². The predicted octanol–water partition coefficient (Wildman–Crippen LogP) is -1.04. The van der Waals surface area contributed by atoms with Crippen molar-refractivity contribution in [3.8, 4) is 0 Å². The first kappa shape index (κ1) is 7.84. The maximum absolute atomic E-state index is 10.8. The maximum Gasteiger partial charge on any atom is 0.240 e. The Morgan fingerprint density at radius 2 is 1.80 bits per heavy atom. The van der Waals surface area contributed by atoms with Crippen molar-refractivity contribution < 1.29 is 9.59 Å². The molecule has 1 rings (SSSR count). The number of imide groups is 1. The fourth-order valence-corrected chi connectivity index (χ4v) is 1.22. The number of amides is 2. The summed E-state index contributed by atoms with van der Waals surface area (Å²) in [7, 11) is 0.519. The van der Waals surface area contributed by atoms with Crippen LogP contribution in [0.4, 0.5) is 0 Å². The lowest BCUT2D eigenvalue weighted by atomic mass is 9.65. The van der Waals surface area contributed by atoms with E-state index >= 15 is 0 Å². The van der Waals surface area contributed by atoms with E-state index in [0.717, 1.165) is 5.03 Å². The Balaban J connectivity index is 2.60. The standard InChI is InChI=1S/C4H4B2INO2/c7-5-6-8-3(9)1-2-4(8)10/h1-2,5-6H. The lowest BCUT2D eigenvalue weighted by Gasteiger charge is -2.09. The third kappa shape index (κ3) is 1.42. The molecule has 6 heteroatoms. The molecule has 1 aliphatic rings. The van der Waals surface area contributed by atoms with Crippen molar-refractivity contribution >= 4 is 46.5 Å². The molecule has 1 heterocycles. The van der Waals surface area contributed by atoms with Crippen molar-refractivity contribution in [2.75, 3.05) is 0 Å². The molecule has 0 aromatic heterocycles. The first-order chi connectivity index (χ1) is 4.75. The van der Waals surface area contributed by atoms with E-state index in [-0.39, 0.29) is 11.8 Å². The highest BCUT2D eigenvalue weighted by Crippen LogP contribution is 2.00. The molecule has 0 saturated carbocycles. The second-order valence-corrected chi connectivity index (χ2v) is 2.93. The van der Waals surface area contributed by atoms with Gasteiger partial charge < -0.3 is 4.81 Å². The van der Waals surface area contributed by atoms with Crippen LogP contribution in [0.3, 0.4) is 0 Å². The molecular formula is C4H4B2INO2. The van der Waals surface area contributed by atoms with Gasteiger partial charge in [0.25, 0.3) is 0 Å². The SMILES string of the molecule is O=C1C=CC(=O)N1BBI. The number of rotatable bonds is 2. The third-order valence-electron chi connectivity index (χ3n) is 1.21. The summed E-state index contributed by atoms with van der Waals surface area (Å²) in [5.41, 5.74) is 0. The molecule has 50 valence electrons.